The molecule has 2 rings (SSSR count). The van der Waals surface area contributed by atoms with E-state index in [1.54, 1.807) is 12.1 Å². The number of nitrogens with zero attached hydrogens (tertiary/aromatic N) is 1. The number of amides is 1. The molecule has 0 spiro atoms. The van der Waals surface area contributed by atoms with Crippen LogP contribution in [0.25, 0.3) is 0 Å². The van der Waals surface area contributed by atoms with Crippen LogP contribution in [0.3, 0.4) is 0 Å². The van der Waals surface area contributed by atoms with E-state index in [0.717, 1.165) is 12.0 Å². The highest BCUT2D eigenvalue weighted by Crippen LogP contribution is 2.56. The standard InChI is InChI=1S/C15H13Br4NO/c1-9-8-14(16,17)15(18,19)12(10(9)2)20-13(21)11-6-4-3-5-7-11/h3-7H,8H2,1-2H3. The maximum atomic E-state index is 12.4. The Kier molecular flexibility index (Phi) is 5.34. The summed E-state index contributed by atoms with van der Waals surface area (Å²) in [6.07, 6.45) is 0.786. The highest BCUT2D eigenvalue weighted by molar-refractivity contribution is 9.30. The molecule has 1 aromatic carbocycles. The molecule has 0 radical (unpaired) electrons. The lowest BCUT2D eigenvalue weighted by Gasteiger charge is -2.40. The first-order chi connectivity index (χ1) is 9.67. The van der Waals surface area contributed by atoms with Crippen molar-refractivity contribution in [2.24, 2.45) is 4.99 Å². The zero-order valence-electron chi connectivity index (χ0n) is 11.5. The van der Waals surface area contributed by atoms with Crippen LogP contribution in [0.5, 0.6) is 0 Å². The van der Waals surface area contributed by atoms with E-state index < -0.39 is 6.47 Å². The fraction of sp³-hybridized carbons (Fsp3) is 0.333. The monoisotopic (exact) mass is 539 g/mol. The molecular formula is C15H13Br4NO. The summed E-state index contributed by atoms with van der Waals surface area (Å²) >= 11 is 14.6. The van der Waals surface area contributed by atoms with Gasteiger partial charge in [0.15, 0.2) is 0 Å². The zero-order chi connectivity index (χ0) is 15.8. The van der Waals surface area contributed by atoms with Crippen molar-refractivity contribution in [3.8, 4) is 0 Å². The van der Waals surface area contributed by atoms with Crippen molar-refractivity contribution < 1.29 is 4.79 Å². The molecule has 1 aliphatic rings. The van der Waals surface area contributed by atoms with Gasteiger partial charge in [-0.2, -0.15) is 0 Å². The molecule has 0 fully saturated rings. The summed E-state index contributed by atoms with van der Waals surface area (Å²) in [6, 6.07) is 9.07. The highest BCUT2D eigenvalue weighted by atomic mass is 79.9. The first-order valence-corrected chi connectivity index (χ1v) is 9.45. The van der Waals surface area contributed by atoms with Crippen molar-refractivity contribution in [3.05, 3.63) is 47.0 Å². The summed E-state index contributed by atoms with van der Waals surface area (Å²) < 4.78 is -1.12. The van der Waals surface area contributed by atoms with Crippen LogP contribution in [0.2, 0.25) is 0 Å². The van der Waals surface area contributed by atoms with Crippen LogP contribution in [0.1, 0.15) is 30.6 Å². The van der Waals surface area contributed by atoms with E-state index in [1.165, 1.54) is 5.57 Å². The number of allylic oxidation sites excluding steroid dienone is 2. The minimum absolute atomic E-state index is 0.251. The SMILES string of the molecule is CC1=C(C)C(=NC(=O)c2ccccc2)C(Br)(Br)C(Br)(Br)C1. The molecule has 0 aromatic heterocycles. The van der Waals surface area contributed by atoms with Crippen molar-refractivity contribution in [3.63, 3.8) is 0 Å². The van der Waals surface area contributed by atoms with Crippen LogP contribution >= 0.6 is 63.7 Å². The number of hydrogen-bond acceptors (Lipinski definition) is 1. The highest BCUT2D eigenvalue weighted by Gasteiger charge is 2.52. The van der Waals surface area contributed by atoms with Gasteiger partial charge >= 0.3 is 0 Å². The minimum atomic E-state index is -0.666. The molecule has 112 valence electrons. The molecule has 1 amide bonds. The molecule has 0 N–H and O–H groups in total. The predicted octanol–water partition coefficient (Wildman–Crippen LogP) is 5.98. The van der Waals surface area contributed by atoms with Crippen molar-refractivity contribution in [2.75, 3.05) is 0 Å². The van der Waals surface area contributed by atoms with Crippen molar-refractivity contribution in [1.29, 1.82) is 0 Å². The number of alkyl halides is 4. The van der Waals surface area contributed by atoms with Crippen LogP contribution in [0.4, 0.5) is 0 Å². The van der Waals surface area contributed by atoms with Gasteiger partial charge in [0.1, 0.15) is 6.47 Å². The smallest absolute Gasteiger partial charge is 0.267 e. The quantitative estimate of drug-likeness (QED) is 0.402. The van der Waals surface area contributed by atoms with Crippen LogP contribution in [0.15, 0.2) is 46.5 Å². The molecule has 0 saturated carbocycles. The Hall–Kier alpha value is 0.220. The minimum Gasteiger partial charge on any atom is -0.267 e. The number of aliphatic imine (C=N–C) groups is 1. The third-order valence-electron chi connectivity index (χ3n) is 3.47. The first-order valence-electron chi connectivity index (χ1n) is 6.28. The Morgan fingerprint density at radius 2 is 1.67 bits per heavy atom. The third-order valence-corrected chi connectivity index (χ3v) is 9.46. The summed E-state index contributed by atoms with van der Waals surface area (Å²) in [6.45, 7) is 4.03. The van der Waals surface area contributed by atoms with E-state index in [1.807, 2.05) is 32.0 Å². The Bertz CT molecular complexity index is 632. The van der Waals surface area contributed by atoms with Gasteiger partial charge in [0.05, 0.1) is 5.71 Å². The molecule has 1 aliphatic carbocycles. The Morgan fingerprint density at radius 1 is 1.10 bits per heavy atom. The van der Waals surface area contributed by atoms with Crippen LogP contribution < -0.4 is 0 Å². The predicted molar refractivity (Wildman–Crippen MR) is 102 cm³/mol. The van der Waals surface area contributed by atoms with Gasteiger partial charge in [-0.1, -0.05) is 87.5 Å². The lowest BCUT2D eigenvalue weighted by Crippen LogP contribution is -2.46. The second-order valence-electron chi connectivity index (χ2n) is 4.99. The topological polar surface area (TPSA) is 29.4 Å². The van der Waals surface area contributed by atoms with Gasteiger partial charge in [-0.3, -0.25) is 4.79 Å². The van der Waals surface area contributed by atoms with Crippen molar-refractivity contribution in [1.82, 2.24) is 0 Å². The van der Waals surface area contributed by atoms with Gasteiger partial charge in [0.2, 0.25) is 0 Å². The lowest BCUT2D eigenvalue weighted by atomic mass is 9.91. The molecule has 0 aliphatic heterocycles. The second kappa shape index (κ2) is 6.38. The summed E-state index contributed by atoms with van der Waals surface area (Å²) in [5.74, 6) is -0.251. The zero-order valence-corrected chi connectivity index (χ0v) is 17.8. The van der Waals surface area contributed by atoms with E-state index in [0.29, 0.717) is 11.3 Å². The van der Waals surface area contributed by atoms with Crippen LogP contribution in [-0.4, -0.2) is 18.1 Å². The number of carbonyl (C=O) groups is 1. The normalized spacial score (nSPS) is 22.5. The molecule has 2 nitrogen and oxygen atoms in total. The van der Waals surface area contributed by atoms with Crippen LogP contribution in [-0.2, 0) is 0 Å². The number of rotatable bonds is 1. The maximum absolute atomic E-state index is 12.4. The number of halogens is 4. The molecule has 0 saturated heterocycles. The summed E-state index contributed by atoms with van der Waals surface area (Å²) in [4.78, 5) is 16.7. The van der Waals surface area contributed by atoms with E-state index in [-0.39, 0.29) is 5.91 Å². The molecular weight excluding hydrogens is 530 g/mol. The lowest BCUT2D eigenvalue weighted by molar-refractivity contribution is 0.100. The van der Waals surface area contributed by atoms with Crippen LogP contribution in [0, 0.1) is 0 Å². The summed E-state index contributed by atoms with van der Waals surface area (Å²) in [5.41, 5.74) is 3.45. The fourth-order valence-corrected chi connectivity index (χ4v) is 4.36. The average molecular weight is 543 g/mol. The van der Waals surface area contributed by atoms with E-state index >= 15 is 0 Å². The Morgan fingerprint density at radius 3 is 2.24 bits per heavy atom. The number of hydrogen-bond donors (Lipinski definition) is 0. The maximum Gasteiger partial charge on any atom is 0.277 e. The third kappa shape index (κ3) is 3.43. The Balaban J connectivity index is 2.52. The largest absolute Gasteiger partial charge is 0.277 e. The van der Waals surface area contributed by atoms with E-state index in [2.05, 4.69) is 68.7 Å². The van der Waals surface area contributed by atoms with E-state index in [9.17, 15) is 4.79 Å². The van der Waals surface area contributed by atoms with Gasteiger partial charge in [0, 0.05) is 5.56 Å². The fourth-order valence-electron chi connectivity index (χ4n) is 2.09. The molecule has 6 heteroatoms. The molecule has 0 bridgehead atoms. The van der Waals surface area contributed by atoms with Gasteiger partial charge in [-0.25, -0.2) is 4.99 Å². The second-order valence-corrected chi connectivity index (χ2v) is 12.2. The Labute approximate surface area is 158 Å². The van der Waals surface area contributed by atoms with Gasteiger partial charge in [-0.15, -0.1) is 0 Å². The number of carbonyl (C=O) groups excluding carboxylic acids is 1. The van der Waals surface area contributed by atoms with E-state index in [4.69, 9.17) is 0 Å². The summed E-state index contributed by atoms with van der Waals surface area (Å²) in [5, 5.41) is 0. The molecule has 21 heavy (non-hydrogen) atoms. The molecule has 0 atom stereocenters. The van der Waals surface area contributed by atoms with Gasteiger partial charge < -0.3 is 0 Å². The van der Waals surface area contributed by atoms with Gasteiger partial charge in [0.25, 0.3) is 5.91 Å². The van der Waals surface area contributed by atoms with Crippen molar-refractivity contribution >= 4 is 75.3 Å². The average Bonchev–Trinajstić information content (AvgIpc) is 2.42. The summed E-state index contributed by atoms with van der Waals surface area (Å²) in [7, 11) is 0. The van der Waals surface area contributed by atoms with Gasteiger partial charge in [-0.05, 0) is 38.0 Å². The molecule has 0 unspecified atom stereocenters. The number of benzene rings is 1. The van der Waals surface area contributed by atoms with Crippen molar-refractivity contribution in [2.45, 2.75) is 26.7 Å². The molecule has 0 heterocycles. The first kappa shape index (κ1) is 17.6. The molecule has 1 aromatic rings.